The van der Waals surface area contributed by atoms with Crippen LogP contribution < -0.4 is 4.90 Å². The standard InChI is InChI=1S/C18H20N4O3S/c1-11-15(12(2)20-18(19-11)26-3)6-7-17(23)21-9-8-13-4-5-14(22(24)25)10-16(13)21/h4-5,10H,6-9H2,1-3H3. The molecule has 0 aliphatic carbocycles. The molecule has 0 saturated carbocycles. The van der Waals surface area contributed by atoms with Crippen LogP contribution in [0.15, 0.2) is 23.4 Å². The Morgan fingerprint density at radius 2 is 2.00 bits per heavy atom. The second kappa shape index (κ2) is 7.41. The van der Waals surface area contributed by atoms with Gasteiger partial charge in [0.1, 0.15) is 0 Å². The second-order valence-corrected chi connectivity index (χ2v) is 7.00. The summed E-state index contributed by atoms with van der Waals surface area (Å²) in [6, 6.07) is 4.72. The van der Waals surface area contributed by atoms with E-state index in [1.807, 2.05) is 20.1 Å². The quantitative estimate of drug-likeness (QED) is 0.346. The Kier molecular flexibility index (Phi) is 5.22. The lowest BCUT2D eigenvalue weighted by atomic mass is 10.1. The fourth-order valence-corrected chi connectivity index (χ4v) is 3.73. The molecular formula is C18H20N4O3S. The summed E-state index contributed by atoms with van der Waals surface area (Å²) in [5.74, 6) is -0.0306. The first-order valence-corrected chi connectivity index (χ1v) is 9.59. The summed E-state index contributed by atoms with van der Waals surface area (Å²) in [6.45, 7) is 4.43. The van der Waals surface area contributed by atoms with Gasteiger partial charge in [-0.25, -0.2) is 9.97 Å². The van der Waals surface area contributed by atoms with E-state index in [1.165, 1.54) is 23.9 Å². The number of thioether (sulfide) groups is 1. The Hall–Kier alpha value is -2.48. The van der Waals surface area contributed by atoms with Crippen LogP contribution in [-0.2, 0) is 17.6 Å². The first kappa shape index (κ1) is 18.3. The number of hydrogen-bond acceptors (Lipinski definition) is 6. The van der Waals surface area contributed by atoms with Gasteiger partial charge in [0.15, 0.2) is 5.16 Å². The van der Waals surface area contributed by atoms with Crippen LogP contribution in [0.25, 0.3) is 0 Å². The van der Waals surface area contributed by atoms with E-state index in [-0.39, 0.29) is 11.6 Å². The van der Waals surface area contributed by atoms with Gasteiger partial charge < -0.3 is 4.90 Å². The lowest BCUT2D eigenvalue weighted by Crippen LogP contribution is -2.29. The molecule has 1 amide bonds. The van der Waals surface area contributed by atoms with E-state index in [0.29, 0.717) is 25.1 Å². The third kappa shape index (κ3) is 3.55. The minimum atomic E-state index is -0.432. The van der Waals surface area contributed by atoms with E-state index in [0.717, 1.165) is 34.1 Å². The predicted octanol–water partition coefficient (Wildman–Crippen LogP) is 3.25. The number of nitrogens with zero attached hydrogens (tertiary/aromatic N) is 4. The van der Waals surface area contributed by atoms with Crippen molar-refractivity contribution in [2.45, 2.75) is 38.3 Å². The fraction of sp³-hybridized carbons (Fsp3) is 0.389. The number of aryl methyl sites for hydroxylation is 2. The number of carbonyl (C=O) groups is 1. The number of carbonyl (C=O) groups excluding carboxylic acids is 1. The summed E-state index contributed by atoms with van der Waals surface area (Å²) in [6.07, 6.45) is 3.54. The van der Waals surface area contributed by atoms with Crippen molar-refractivity contribution in [1.29, 1.82) is 0 Å². The maximum absolute atomic E-state index is 12.7. The van der Waals surface area contributed by atoms with E-state index >= 15 is 0 Å². The van der Waals surface area contributed by atoms with E-state index < -0.39 is 4.92 Å². The average molecular weight is 372 g/mol. The minimum Gasteiger partial charge on any atom is -0.312 e. The molecule has 2 heterocycles. The molecule has 8 heteroatoms. The Labute approximate surface area is 156 Å². The SMILES string of the molecule is CSc1nc(C)c(CCC(=O)N2CCc3ccc([N+](=O)[O-])cc32)c(C)n1. The van der Waals surface area contributed by atoms with Crippen molar-refractivity contribution in [1.82, 2.24) is 9.97 Å². The third-order valence-electron chi connectivity index (χ3n) is 4.65. The molecule has 26 heavy (non-hydrogen) atoms. The van der Waals surface area contributed by atoms with E-state index in [9.17, 15) is 14.9 Å². The number of amides is 1. The summed E-state index contributed by atoms with van der Waals surface area (Å²) in [4.78, 5) is 33.8. The van der Waals surface area contributed by atoms with Gasteiger partial charge in [0.2, 0.25) is 5.91 Å². The zero-order valence-electron chi connectivity index (χ0n) is 15.0. The van der Waals surface area contributed by atoms with E-state index in [2.05, 4.69) is 9.97 Å². The van der Waals surface area contributed by atoms with Gasteiger partial charge >= 0.3 is 0 Å². The molecule has 0 bridgehead atoms. The second-order valence-electron chi connectivity index (χ2n) is 6.23. The summed E-state index contributed by atoms with van der Waals surface area (Å²) < 4.78 is 0. The highest BCUT2D eigenvalue weighted by Crippen LogP contribution is 2.32. The van der Waals surface area contributed by atoms with Crippen molar-refractivity contribution in [3.8, 4) is 0 Å². The molecule has 0 fully saturated rings. The summed E-state index contributed by atoms with van der Waals surface area (Å²) in [5, 5.41) is 11.7. The average Bonchev–Trinajstić information content (AvgIpc) is 3.03. The number of rotatable bonds is 5. The zero-order valence-corrected chi connectivity index (χ0v) is 15.8. The molecule has 1 aliphatic rings. The number of benzene rings is 1. The van der Waals surface area contributed by atoms with Crippen LogP contribution in [0.5, 0.6) is 0 Å². The molecule has 1 aliphatic heterocycles. The Balaban J connectivity index is 1.75. The maximum atomic E-state index is 12.7. The molecule has 136 valence electrons. The molecule has 0 N–H and O–H groups in total. The number of nitro groups is 1. The van der Waals surface area contributed by atoms with Gasteiger partial charge in [-0.3, -0.25) is 14.9 Å². The Bertz CT molecular complexity index is 862. The van der Waals surface area contributed by atoms with Gasteiger partial charge in [-0.2, -0.15) is 0 Å². The van der Waals surface area contributed by atoms with E-state index in [4.69, 9.17) is 0 Å². The Morgan fingerprint density at radius 1 is 1.31 bits per heavy atom. The van der Waals surface area contributed by atoms with Crippen molar-refractivity contribution in [2.24, 2.45) is 0 Å². The van der Waals surface area contributed by atoms with Crippen LogP contribution in [0.1, 0.15) is 28.9 Å². The van der Waals surface area contributed by atoms with Crippen molar-refractivity contribution in [3.63, 3.8) is 0 Å². The van der Waals surface area contributed by atoms with Gasteiger partial charge in [0, 0.05) is 36.5 Å². The molecule has 0 radical (unpaired) electrons. The molecule has 0 spiro atoms. The number of nitro benzene ring substituents is 1. The smallest absolute Gasteiger partial charge is 0.271 e. The first-order chi connectivity index (χ1) is 12.4. The van der Waals surface area contributed by atoms with Crippen LogP contribution in [0.4, 0.5) is 11.4 Å². The molecule has 2 aromatic rings. The van der Waals surface area contributed by atoms with Gasteiger partial charge in [-0.1, -0.05) is 17.8 Å². The van der Waals surface area contributed by atoms with Crippen LogP contribution in [0.3, 0.4) is 0 Å². The molecule has 3 rings (SSSR count). The molecule has 7 nitrogen and oxygen atoms in total. The molecule has 0 unspecified atom stereocenters. The number of non-ortho nitro benzene ring substituents is 1. The highest BCUT2D eigenvalue weighted by atomic mass is 32.2. The number of hydrogen-bond donors (Lipinski definition) is 0. The highest BCUT2D eigenvalue weighted by Gasteiger charge is 2.26. The van der Waals surface area contributed by atoms with Crippen molar-refractivity contribution >= 4 is 29.0 Å². The van der Waals surface area contributed by atoms with Crippen molar-refractivity contribution < 1.29 is 9.72 Å². The molecular weight excluding hydrogens is 352 g/mol. The summed E-state index contributed by atoms with van der Waals surface area (Å²) in [7, 11) is 0. The summed E-state index contributed by atoms with van der Waals surface area (Å²) >= 11 is 1.49. The monoisotopic (exact) mass is 372 g/mol. The third-order valence-corrected chi connectivity index (χ3v) is 5.20. The number of anilines is 1. The fourth-order valence-electron chi connectivity index (χ4n) is 3.27. The number of fused-ring (bicyclic) bond motifs is 1. The topological polar surface area (TPSA) is 89.2 Å². The van der Waals surface area contributed by atoms with Crippen LogP contribution in [0, 0.1) is 24.0 Å². The summed E-state index contributed by atoms with van der Waals surface area (Å²) in [5.41, 5.74) is 4.43. The lowest BCUT2D eigenvalue weighted by molar-refractivity contribution is -0.384. The molecule has 0 atom stereocenters. The van der Waals surface area contributed by atoms with Crippen LogP contribution in [0.2, 0.25) is 0 Å². The molecule has 1 aromatic heterocycles. The number of aromatic nitrogens is 2. The largest absolute Gasteiger partial charge is 0.312 e. The van der Waals surface area contributed by atoms with Crippen molar-refractivity contribution in [3.05, 3.63) is 50.8 Å². The van der Waals surface area contributed by atoms with E-state index in [1.54, 1.807) is 11.0 Å². The maximum Gasteiger partial charge on any atom is 0.271 e. The normalized spacial score (nSPS) is 13.0. The molecule has 0 saturated heterocycles. The van der Waals surface area contributed by atoms with Gasteiger partial charge in [-0.15, -0.1) is 0 Å². The van der Waals surface area contributed by atoms with Gasteiger partial charge in [0.25, 0.3) is 5.69 Å². The van der Waals surface area contributed by atoms with Gasteiger partial charge in [0.05, 0.1) is 10.6 Å². The lowest BCUT2D eigenvalue weighted by Gasteiger charge is -2.18. The highest BCUT2D eigenvalue weighted by molar-refractivity contribution is 7.98. The van der Waals surface area contributed by atoms with Crippen LogP contribution >= 0.6 is 11.8 Å². The van der Waals surface area contributed by atoms with Gasteiger partial charge in [-0.05, 0) is 44.1 Å². The van der Waals surface area contributed by atoms with Crippen molar-refractivity contribution in [2.75, 3.05) is 17.7 Å². The predicted molar refractivity (Wildman–Crippen MR) is 101 cm³/mol. The first-order valence-electron chi connectivity index (χ1n) is 8.36. The Morgan fingerprint density at radius 3 is 2.62 bits per heavy atom. The van der Waals surface area contributed by atoms with Crippen LogP contribution in [-0.4, -0.2) is 33.6 Å². The molecule has 1 aromatic carbocycles. The zero-order chi connectivity index (χ0) is 18.8. The minimum absolute atomic E-state index is 0.0104.